The molecule has 0 saturated carbocycles. The van der Waals surface area contributed by atoms with Crippen LogP contribution in [0.25, 0.3) is 0 Å². The first-order chi connectivity index (χ1) is 8.84. The zero-order valence-electron chi connectivity index (χ0n) is 10.2. The lowest BCUT2D eigenvalue weighted by Crippen LogP contribution is -2.36. The van der Waals surface area contributed by atoms with Gasteiger partial charge in [0.1, 0.15) is 0 Å². The Labute approximate surface area is 107 Å². The lowest BCUT2D eigenvalue weighted by molar-refractivity contribution is -0.592. The molecule has 1 saturated heterocycles. The van der Waals surface area contributed by atoms with Gasteiger partial charge in [-0.15, -0.1) is 0 Å². The maximum absolute atomic E-state index is 11.7. The number of nitrogens with zero attached hydrogens (tertiary/aromatic N) is 2. The molecule has 0 radical (unpaired) electrons. The van der Waals surface area contributed by atoms with Crippen LogP contribution in [0.2, 0.25) is 0 Å². The monoisotopic (exact) mass is 240 g/mol. The molecule has 1 fully saturated rings. The third-order valence-corrected chi connectivity index (χ3v) is 3.59. The van der Waals surface area contributed by atoms with Crippen molar-refractivity contribution in [3.05, 3.63) is 65.5 Å². The van der Waals surface area contributed by atoms with E-state index in [1.165, 1.54) is 5.56 Å². The van der Waals surface area contributed by atoms with Crippen LogP contribution < -0.4 is 9.63 Å². The van der Waals surface area contributed by atoms with E-state index in [-0.39, 0.29) is 0 Å². The molecule has 1 aromatic carbocycles. The summed E-state index contributed by atoms with van der Waals surface area (Å²) in [5, 5.41) is 11.7. The first-order valence-electron chi connectivity index (χ1n) is 6.32. The van der Waals surface area contributed by atoms with E-state index in [0.717, 1.165) is 30.1 Å². The summed E-state index contributed by atoms with van der Waals surface area (Å²) in [5.41, 5.74) is 1.37. The van der Waals surface area contributed by atoms with Crippen molar-refractivity contribution in [3.8, 4) is 0 Å². The highest BCUT2D eigenvalue weighted by Gasteiger charge is 2.30. The second-order valence-corrected chi connectivity index (χ2v) is 4.73. The molecule has 1 aliphatic heterocycles. The topological polar surface area (TPSA) is 30.2 Å². The van der Waals surface area contributed by atoms with Crippen LogP contribution in [0, 0.1) is 5.21 Å². The molecular weight excluding hydrogens is 224 g/mol. The average molecular weight is 240 g/mol. The Kier molecular flexibility index (Phi) is 2.89. The van der Waals surface area contributed by atoms with Gasteiger partial charge in [-0.3, -0.25) is 4.90 Å². The van der Waals surface area contributed by atoms with E-state index in [0.29, 0.717) is 5.92 Å². The Bertz CT molecular complexity index is 527. The smallest absolute Gasteiger partial charge is 0.279 e. The fraction of sp³-hybridized carbons (Fsp3) is 0.267. The van der Waals surface area contributed by atoms with Crippen LogP contribution in [-0.4, -0.2) is 13.1 Å². The highest BCUT2D eigenvalue weighted by atomic mass is 16.5. The highest BCUT2D eigenvalue weighted by molar-refractivity contribution is 5.37. The molecular formula is C15H16N2O. The summed E-state index contributed by atoms with van der Waals surface area (Å²) in [5.74, 6) is 1.29. The second-order valence-electron chi connectivity index (χ2n) is 4.73. The predicted molar refractivity (Wildman–Crippen MR) is 71.4 cm³/mol. The maximum atomic E-state index is 11.7. The first-order valence-corrected chi connectivity index (χ1v) is 6.32. The van der Waals surface area contributed by atoms with E-state index in [9.17, 15) is 5.21 Å². The van der Waals surface area contributed by atoms with Gasteiger partial charge in [0.2, 0.25) is 0 Å². The van der Waals surface area contributed by atoms with E-state index in [4.69, 9.17) is 0 Å². The maximum Gasteiger partial charge on any atom is 0.279 e. The van der Waals surface area contributed by atoms with Crippen molar-refractivity contribution in [2.45, 2.75) is 12.3 Å². The summed E-state index contributed by atoms with van der Waals surface area (Å²) in [7, 11) is 0. The molecule has 0 aliphatic carbocycles. The molecule has 0 amide bonds. The van der Waals surface area contributed by atoms with Gasteiger partial charge < -0.3 is 5.21 Å². The molecule has 0 N–H and O–H groups in total. The van der Waals surface area contributed by atoms with Crippen molar-refractivity contribution in [1.29, 1.82) is 0 Å². The third kappa shape index (κ3) is 2.04. The Morgan fingerprint density at radius 1 is 1.06 bits per heavy atom. The van der Waals surface area contributed by atoms with Crippen LogP contribution >= 0.6 is 0 Å². The number of rotatable bonds is 2. The normalized spacial score (nSPS) is 19.1. The number of pyridine rings is 1. The van der Waals surface area contributed by atoms with E-state index in [1.54, 1.807) is 12.3 Å². The fourth-order valence-electron chi connectivity index (χ4n) is 2.63. The number of hydrogen-bond acceptors (Lipinski definition) is 2. The lowest BCUT2D eigenvalue weighted by Gasteiger charge is -2.16. The molecule has 1 aliphatic rings. The average Bonchev–Trinajstić information content (AvgIpc) is 2.90. The van der Waals surface area contributed by atoms with Crippen LogP contribution in [0.3, 0.4) is 0 Å². The van der Waals surface area contributed by atoms with E-state index in [1.807, 2.05) is 18.2 Å². The van der Waals surface area contributed by atoms with Crippen molar-refractivity contribution in [2.24, 2.45) is 0 Å². The van der Waals surface area contributed by atoms with Gasteiger partial charge >= 0.3 is 0 Å². The quantitative estimate of drug-likeness (QED) is 0.595. The van der Waals surface area contributed by atoms with E-state index < -0.39 is 0 Å². The second kappa shape index (κ2) is 4.69. The summed E-state index contributed by atoms with van der Waals surface area (Å²) in [6.07, 6.45) is 2.67. The molecule has 3 heteroatoms. The molecule has 1 unspecified atom stereocenters. The van der Waals surface area contributed by atoms with Crippen LogP contribution in [0.4, 0.5) is 5.82 Å². The van der Waals surface area contributed by atoms with Crippen LogP contribution in [0.1, 0.15) is 17.9 Å². The molecule has 3 nitrogen and oxygen atoms in total. The third-order valence-electron chi connectivity index (χ3n) is 3.59. The van der Waals surface area contributed by atoms with Crippen molar-refractivity contribution >= 4 is 5.82 Å². The standard InChI is InChI=1S/C15H16N2O/c18-17-10-5-4-8-15(17)16-11-9-14(12-16)13-6-2-1-3-7-13/h1-8,10,14H,9,11-12H2. The summed E-state index contributed by atoms with van der Waals surface area (Å²) in [6, 6.07) is 16.1. The number of aromatic nitrogens is 1. The summed E-state index contributed by atoms with van der Waals surface area (Å²) in [6.45, 7) is 1.88. The number of anilines is 1. The predicted octanol–water partition coefficient (Wildman–Crippen LogP) is 2.31. The molecule has 1 aromatic heterocycles. The van der Waals surface area contributed by atoms with Crippen molar-refractivity contribution in [2.75, 3.05) is 18.0 Å². The van der Waals surface area contributed by atoms with Crippen LogP contribution in [0.15, 0.2) is 54.7 Å². The zero-order valence-corrected chi connectivity index (χ0v) is 10.2. The largest absolute Gasteiger partial charge is 0.711 e. The van der Waals surface area contributed by atoms with Gasteiger partial charge in [0, 0.05) is 12.0 Å². The Morgan fingerprint density at radius 2 is 1.83 bits per heavy atom. The van der Waals surface area contributed by atoms with Crippen molar-refractivity contribution in [3.63, 3.8) is 0 Å². The van der Waals surface area contributed by atoms with Crippen molar-refractivity contribution in [1.82, 2.24) is 0 Å². The van der Waals surface area contributed by atoms with Gasteiger partial charge in [0.05, 0.1) is 19.3 Å². The molecule has 92 valence electrons. The molecule has 2 aromatic rings. The van der Waals surface area contributed by atoms with E-state index in [2.05, 4.69) is 29.2 Å². The van der Waals surface area contributed by atoms with Gasteiger partial charge in [0.15, 0.2) is 0 Å². The van der Waals surface area contributed by atoms with Gasteiger partial charge in [-0.2, -0.15) is 0 Å². The summed E-state index contributed by atoms with van der Waals surface area (Å²) >= 11 is 0. The lowest BCUT2D eigenvalue weighted by atomic mass is 9.99. The molecule has 1 atom stereocenters. The minimum Gasteiger partial charge on any atom is -0.711 e. The Morgan fingerprint density at radius 3 is 2.61 bits per heavy atom. The van der Waals surface area contributed by atoms with Gasteiger partial charge in [-0.1, -0.05) is 36.4 Å². The molecule has 0 bridgehead atoms. The Balaban J connectivity index is 1.78. The van der Waals surface area contributed by atoms with Gasteiger partial charge in [-0.05, 0) is 18.1 Å². The summed E-state index contributed by atoms with van der Waals surface area (Å²) < 4.78 is 0.952. The number of hydrogen-bond donors (Lipinski definition) is 0. The minimum absolute atomic E-state index is 0.534. The Hall–Kier alpha value is -2.03. The SMILES string of the molecule is [O-][n+]1ccccc1N1CCC(c2ccccc2)C1. The van der Waals surface area contributed by atoms with Gasteiger partial charge in [-0.25, -0.2) is 4.73 Å². The fourth-order valence-corrected chi connectivity index (χ4v) is 2.63. The number of benzene rings is 1. The van der Waals surface area contributed by atoms with Crippen molar-refractivity contribution < 1.29 is 4.73 Å². The molecule has 18 heavy (non-hydrogen) atoms. The first kappa shape index (κ1) is 11.1. The van der Waals surface area contributed by atoms with Crippen LogP contribution in [-0.2, 0) is 0 Å². The van der Waals surface area contributed by atoms with E-state index >= 15 is 0 Å². The van der Waals surface area contributed by atoms with Crippen LogP contribution in [0.5, 0.6) is 0 Å². The zero-order chi connectivity index (χ0) is 12.4. The molecule has 2 heterocycles. The molecule has 3 rings (SSSR count). The highest BCUT2D eigenvalue weighted by Crippen LogP contribution is 2.28. The minimum atomic E-state index is 0.534. The molecule has 0 spiro atoms. The summed E-state index contributed by atoms with van der Waals surface area (Å²) in [4.78, 5) is 2.17. The van der Waals surface area contributed by atoms with Gasteiger partial charge in [0.25, 0.3) is 5.82 Å².